The van der Waals surface area contributed by atoms with Crippen LogP contribution >= 0.6 is 0 Å². The van der Waals surface area contributed by atoms with Gasteiger partial charge in [-0.05, 0) is 12.1 Å². The van der Waals surface area contributed by atoms with Gasteiger partial charge in [0, 0.05) is 20.1 Å². The molecule has 1 rings (SSSR count). The summed E-state index contributed by atoms with van der Waals surface area (Å²) in [7, 11) is 1.52. The largest absolute Gasteiger partial charge is 0.480 e. The lowest BCUT2D eigenvalue weighted by molar-refractivity contribution is -0.139. The van der Waals surface area contributed by atoms with Crippen LogP contribution in [0.25, 0.3) is 0 Å². The number of hydrogen-bond acceptors (Lipinski definition) is 4. The lowest BCUT2D eigenvalue weighted by atomic mass is 10.2. The topological polar surface area (TPSA) is 103 Å². The van der Waals surface area contributed by atoms with Crippen molar-refractivity contribution in [3.8, 4) is 0 Å². The molecule has 1 heterocycles. The number of urea groups is 1. The molecule has 0 saturated carbocycles. The van der Waals surface area contributed by atoms with Crippen molar-refractivity contribution in [3.05, 3.63) is 24.2 Å². The fourth-order valence-electron chi connectivity index (χ4n) is 1.35. The van der Waals surface area contributed by atoms with Crippen LogP contribution in [0, 0.1) is 0 Å². The summed E-state index contributed by atoms with van der Waals surface area (Å²) in [5.74, 6) is -0.578. The van der Waals surface area contributed by atoms with E-state index < -0.39 is 18.0 Å². The Bertz CT molecular complexity index is 390. The van der Waals surface area contributed by atoms with Crippen molar-refractivity contribution in [1.82, 2.24) is 10.2 Å². The first-order chi connectivity index (χ1) is 8.54. The summed E-state index contributed by atoms with van der Waals surface area (Å²) in [6, 6.07) is 1.79. The number of carboxylic acids is 1. The predicted octanol–water partition coefficient (Wildman–Crippen LogP) is 0.257. The van der Waals surface area contributed by atoms with E-state index in [9.17, 15) is 9.59 Å². The van der Waals surface area contributed by atoms with Crippen molar-refractivity contribution < 1.29 is 24.2 Å². The molecule has 0 unspecified atom stereocenters. The van der Waals surface area contributed by atoms with Gasteiger partial charge in [0.25, 0.3) is 0 Å². The number of hydrogen-bond donors (Lipinski definition) is 3. The van der Waals surface area contributed by atoms with Gasteiger partial charge in [-0.25, -0.2) is 9.59 Å². The van der Waals surface area contributed by atoms with Crippen LogP contribution < -0.4 is 5.32 Å². The molecule has 0 fully saturated rings. The molecule has 18 heavy (non-hydrogen) atoms. The molecular weight excluding hydrogens is 240 g/mol. The lowest BCUT2D eigenvalue weighted by Gasteiger charge is -2.20. The van der Waals surface area contributed by atoms with Crippen molar-refractivity contribution in [1.29, 1.82) is 0 Å². The number of carbonyl (C=O) groups excluding carboxylic acids is 1. The van der Waals surface area contributed by atoms with E-state index in [1.807, 2.05) is 0 Å². The third kappa shape index (κ3) is 4.10. The summed E-state index contributed by atoms with van der Waals surface area (Å²) in [5, 5.41) is 19.8. The minimum absolute atomic E-state index is 0.0321. The average molecular weight is 256 g/mol. The number of aliphatic hydroxyl groups excluding tert-OH is 1. The molecule has 0 saturated heterocycles. The summed E-state index contributed by atoms with van der Waals surface area (Å²) < 4.78 is 5.08. The minimum atomic E-state index is -1.18. The van der Waals surface area contributed by atoms with E-state index in [1.54, 1.807) is 12.1 Å². The molecule has 0 aliphatic carbocycles. The molecule has 7 nitrogen and oxygen atoms in total. The first-order valence-electron chi connectivity index (χ1n) is 5.42. The molecule has 3 N–H and O–H groups in total. The number of aliphatic hydroxyl groups is 1. The molecule has 0 radical (unpaired) electrons. The Morgan fingerprint density at radius 1 is 1.56 bits per heavy atom. The van der Waals surface area contributed by atoms with E-state index in [-0.39, 0.29) is 19.6 Å². The zero-order chi connectivity index (χ0) is 13.5. The van der Waals surface area contributed by atoms with Gasteiger partial charge in [0.1, 0.15) is 11.8 Å². The van der Waals surface area contributed by atoms with Crippen LogP contribution in [0.2, 0.25) is 0 Å². The maximum Gasteiger partial charge on any atom is 0.326 e. The second-order valence-electron chi connectivity index (χ2n) is 3.79. The van der Waals surface area contributed by atoms with Crippen LogP contribution in [0.15, 0.2) is 22.8 Å². The second-order valence-corrected chi connectivity index (χ2v) is 3.79. The fourth-order valence-corrected chi connectivity index (χ4v) is 1.35. The summed E-state index contributed by atoms with van der Waals surface area (Å²) >= 11 is 0. The number of carbonyl (C=O) groups is 2. The zero-order valence-corrected chi connectivity index (χ0v) is 10.00. The van der Waals surface area contributed by atoms with Crippen LogP contribution in [0.5, 0.6) is 0 Å². The van der Waals surface area contributed by atoms with E-state index in [0.717, 1.165) is 0 Å². The molecule has 7 heteroatoms. The summed E-state index contributed by atoms with van der Waals surface area (Å²) in [6.45, 7) is -0.0660. The molecule has 0 aliphatic rings. The Morgan fingerprint density at radius 3 is 2.78 bits per heavy atom. The number of furan rings is 1. The van der Waals surface area contributed by atoms with Crippen molar-refractivity contribution >= 4 is 12.0 Å². The van der Waals surface area contributed by atoms with Gasteiger partial charge in [0.15, 0.2) is 0 Å². The standard InChI is InChI=1S/C11H16N2O5/c1-13(7-8-3-2-6-18-8)11(17)12-9(4-5-14)10(15)16/h2-3,6,9,14H,4-5,7H2,1H3,(H,12,17)(H,15,16)/t9-/m1/s1. The van der Waals surface area contributed by atoms with E-state index in [4.69, 9.17) is 14.6 Å². The van der Waals surface area contributed by atoms with Crippen molar-refractivity contribution in [2.24, 2.45) is 0 Å². The Labute approximate surface area is 104 Å². The van der Waals surface area contributed by atoms with Crippen molar-refractivity contribution in [3.63, 3.8) is 0 Å². The number of nitrogens with one attached hydrogen (secondary N) is 1. The monoisotopic (exact) mass is 256 g/mol. The first-order valence-corrected chi connectivity index (χ1v) is 5.42. The Morgan fingerprint density at radius 2 is 2.28 bits per heavy atom. The molecule has 2 amide bonds. The molecule has 1 aromatic rings. The molecule has 100 valence electrons. The minimum Gasteiger partial charge on any atom is -0.480 e. The normalized spacial score (nSPS) is 11.9. The van der Waals surface area contributed by atoms with Gasteiger partial charge < -0.3 is 24.8 Å². The van der Waals surface area contributed by atoms with E-state index in [0.29, 0.717) is 5.76 Å². The van der Waals surface area contributed by atoms with Crippen molar-refractivity contribution in [2.75, 3.05) is 13.7 Å². The third-order valence-corrected chi connectivity index (χ3v) is 2.33. The molecule has 0 bridgehead atoms. The van der Waals surface area contributed by atoms with Crippen LogP contribution in [0.3, 0.4) is 0 Å². The maximum atomic E-state index is 11.7. The number of nitrogens with zero attached hydrogens (tertiary/aromatic N) is 1. The van der Waals surface area contributed by atoms with Crippen LogP contribution in [-0.2, 0) is 11.3 Å². The summed E-state index contributed by atoms with van der Waals surface area (Å²) in [4.78, 5) is 23.8. The van der Waals surface area contributed by atoms with Gasteiger partial charge >= 0.3 is 12.0 Å². The van der Waals surface area contributed by atoms with E-state index >= 15 is 0 Å². The first kappa shape index (κ1) is 14.0. The Hall–Kier alpha value is -2.02. The highest BCUT2D eigenvalue weighted by atomic mass is 16.4. The number of carboxylic acid groups (broad SMARTS) is 1. The fraction of sp³-hybridized carbons (Fsp3) is 0.455. The Kier molecular flexibility index (Phi) is 5.19. The van der Waals surface area contributed by atoms with E-state index in [1.165, 1.54) is 18.2 Å². The van der Waals surface area contributed by atoms with Gasteiger partial charge in [-0.2, -0.15) is 0 Å². The van der Waals surface area contributed by atoms with Gasteiger partial charge in [0.2, 0.25) is 0 Å². The number of rotatable bonds is 6. The van der Waals surface area contributed by atoms with Gasteiger partial charge in [-0.1, -0.05) is 0 Å². The van der Waals surface area contributed by atoms with Gasteiger partial charge in [-0.3, -0.25) is 0 Å². The average Bonchev–Trinajstić information content (AvgIpc) is 2.80. The highest BCUT2D eigenvalue weighted by Crippen LogP contribution is 2.04. The lowest BCUT2D eigenvalue weighted by Crippen LogP contribution is -2.46. The highest BCUT2D eigenvalue weighted by Gasteiger charge is 2.21. The van der Waals surface area contributed by atoms with Crippen LogP contribution in [0.4, 0.5) is 4.79 Å². The molecule has 0 spiro atoms. The van der Waals surface area contributed by atoms with Crippen LogP contribution in [-0.4, -0.2) is 46.8 Å². The second kappa shape index (κ2) is 6.65. The van der Waals surface area contributed by atoms with Crippen molar-refractivity contribution in [2.45, 2.75) is 19.0 Å². The molecule has 0 aliphatic heterocycles. The van der Waals surface area contributed by atoms with E-state index in [2.05, 4.69) is 5.32 Å². The van der Waals surface area contributed by atoms with Gasteiger partial charge in [0.05, 0.1) is 12.8 Å². The SMILES string of the molecule is CN(Cc1ccco1)C(=O)N[C@H](CCO)C(=O)O. The summed E-state index contributed by atoms with van der Waals surface area (Å²) in [5.41, 5.74) is 0. The molecular formula is C11H16N2O5. The molecule has 1 atom stereocenters. The van der Waals surface area contributed by atoms with Gasteiger partial charge in [-0.15, -0.1) is 0 Å². The highest BCUT2D eigenvalue weighted by molar-refractivity contribution is 5.82. The number of amides is 2. The predicted molar refractivity (Wildman–Crippen MR) is 61.8 cm³/mol. The molecule has 0 aromatic carbocycles. The Balaban J connectivity index is 2.50. The number of aliphatic carboxylic acids is 1. The maximum absolute atomic E-state index is 11.7. The summed E-state index contributed by atoms with van der Waals surface area (Å²) in [6.07, 6.45) is 1.46. The zero-order valence-electron chi connectivity index (χ0n) is 10.00. The quantitative estimate of drug-likeness (QED) is 0.677. The third-order valence-electron chi connectivity index (χ3n) is 2.33. The smallest absolute Gasteiger partial charge is 0.326 e. The van der Waals surface area contributed by atoms with Crippen LogP contribution in [0.1, 0.15) is 12.2 Å². The molecule has 1 aromatic heterocycles.